The van der Waals surface area contributed by atoms with Crippen LogP contribution < -0.4 is 9.47 Å². The van der Waals surface area contributed by atoms with E-state index in [-0.39, 0.29) is 33.8 Å². The van der Waals surface area contributed by atoms with Crippen molar-refractivity contribution in [2.75, 3.05) is 14.2 Å². The molecule has 1 aliphatic carbocycles. The van der Waals surface area contributed by atoms with Crippen molar-refractivity contribution in [1.29, 1.82) is 0 Å². The molecule has 0 spiro atoms. The van der Waals surface area contributed by atoms with Crippen LogP contribution in [0.25, 0.3) is 0 Å². The molecule has 0 radical (unpaired) electrons. The first-order valence-corrected chi connectivity index (χ1v) is 6.41. The maximum absolute atomic E-state index is 12.7. The molecule has 2 aromatic rings. The minimum Gasteiger partial charge on any atom is -0.504 e. The maximum atomic E-state index is 12.7. The number of hydrogen-bond donors (Lipinski definition) is 2. The van der Waals surface area contributed by atoms with Gasteiger partial charge in [-0.05, 0) is 0 Å². The Morgan fingerprint density at radius 2 is 1.27 bits per heavy atom. The van der Waals surface area contributed by atoms with E-state index in [0.717, 1.165) is 0 Å². The van der Waals surface area contributed by atoms with Crippen molar-refractivity contribution in [2.24, 2.45) is 0 Å². The van der Waals surface area contributed by atoms with Gasteiger partial charge < -0.3 is 19.7 Å². The fraction of sp³-hybridized carbons (Fsp3) is 0.125. The molecule has 6 nitrogen and oxygen atoms in total. The Balaban J connectivity index is 2.45. The van der Waals surface area contributed by atoms with Crippen LogP contribution in [-0.2, 0) is 0 Å². The standard InChI is InChI=1S/C16H12O6/c1-21-15-10-9(13(19)14(20)16(15)22-2)11(17)7-5-3-4-6-8(7)12(10)18/h3-6,19-20H,1-2H3. The monoisotopic (exact) mass is 300 g/mol. The third-order valence-corrected chi connectivity index (χ3v) is 3.64. The lowest BCUT2D eigenvalue weighted by atomic mass is 9.82. The van der Waals surface area contributed by atoms with Crippen LogP contribution in [0.3, 0.4) is 0 Å². The molecule has 112 valence electrons. The average molecular weight is 300 g/mol. The molecule has 0 aliphatic heterocycles. The van der Waals surface area contributed by atoms with Crippen molar-refractivity contribution in [3.05, 3.63) is 46.5 Å². The topological polar surface area (TPSA) is 93.1 Å². The van der Waals surface area contributed by atoms with E-state index in [9.17, 15) is 19.8 Å². The van der Waals surface area contributed by atoms with E-state index in [1.807, 2.05) is 0 Å². The molecule has 0 heterocycles. The second-order valence-electron chi connectivity index (χ2n) is 4.72. The zero-order chi connectivity index (χ0) is 16.0. The number of ether oxygens (including phenoxy) is 2. The Morgan fingerprint density at radius 3 is 1.77 bits per heavy atom. The van der Waals surface area contributed by atoms with Gasteiger partial charge >= 0.3 is 0 Å². The van der Waals surface area contributed by atoms with Gasteiger partial charge in [0, 0.05) is 11.1 Å². The van der Waals surface area contributed by atoms with Crippen molar-refractivity contribution in [1.82, 2.24) is 0 Å². The lowest BCUT2D eigenvalue weighted by Gasteiger charge is -2.22. The molecular weight excluding hydrogens is 288 g/mol. The molecule has 0 bridgehead atoms. The first-order chi connectivity index (χ1) is 10.5. The van der Waals surface area contributed by atoms with Gasteiger partial charge in [0.15, 0.2) is 23.1 Å². The molecule has 6 heteroatoms. The fourth-order valence-corrected chi connectivity index (χ4v) is 2.65. The second-order valence-corrected chi connectivity index (χ2v) is 4.72. The normalized spacial score (nSPS) is 12.6. The van der Waals surface area contributed by atoms with Crippen LogP contribution in [0, 0.1) is 0 Å². The zero-order valence-electron chi connectivity index (χ0n) is 11.8. The van der Waals surface area contributed by atoms with Gasteiger partial charge in [0.2, 0.25) is 11.5 Å². The number of ketones is 2. The van der Waals surface area contributed by atoms with Gasteiger partial charge in [0.1, 0.15) is 0 Å². The SMILES string of the molecule is COc1c(O)c(O)c2c(c1OC)C(=O)c1ccccc1C2=O. The molecule has 0 fully saturated rings. The summed E-state index contributed by atoms with van der Waals surface area (Å²) in [4.78, 5) is 25.3. The smallest absolute Gasteiger partial charge is 0.207 e. The summed E-state index contributed by atoms with van der Waals surface area (Å²) >= 11 is 0. The van der Waals surface area contributed by atoms with Crippen LogP contribution >= 0.6 is 0 Å². The lowest BCUT2D eigenvalue weighted by Crippen LogP contribution is -2.22. The molecule has 2 aromatic carbocycles. The minimum atomic E-state index is -0.694. The van der Waals surface area contributed by atoms with Crippen molar-refractivity contribution >= 4 is 11.6 Å². The number of hydrogen-bond acceptors (Lipinski definition) is 6. The minimum absolute atomic E-state index is 0.0827. The molecule has 0 aromatic heterocycles. The number of phenols is 2. The van der Waals surface area contributed by atoms with Gasteiger partial charge in [-0.1, -0.05) is 24.3 Å². The van der Waals surface area contributed by atoms with E-state index < -0.39 is 23.1 Å². The van der Waals surface area contributed by atoms with E-state index in [1.54, 1.807) is 12.1 Å². The third kappa shape index (κ3) is 1.60. The third-order valence-electron chi connectivity index (χ3n) is 3.64. The summed E-state index contributed by atoms with van der Waals surface area (Å²) in [6.07, 6.45) is 0. The maximum Gasteiger partial charge on any atom is 0.207 e. The van der Waals surface area contributed by atoms with Gasteiger partial charge in [0.25, 0.3) is 0 Å². The number of benzene rings is 2. The van der Waals surface area contributed by atoms with Gasteiger partial charge in [-0.15, -0.1) is 0 Å². The molecule has 0 saturated carbocycles. The van der Waals surface area contributed by atoms with E-state index >= 15 is 0 Å². The number of rotatable bonds is 2. The number of carbonyl (C=O) groups excluding carboxylic acids is 2. The van der Waals surface area contributed by atoms with Gasteiger partial charge in [-0.25, -0.2) is 0 Å². The zero-order valence-corrected chi connectivity index (χ0v) is 11.8. The highest BCUT2D eigenvalue weighted by Crippen LogP contribution is 2.51. The van der Waals surface area contributed by atoms with Crippen LogP contribution in [0.5, 0.6) is 23.0 Å². The van der Waals surface area contributed by atoms with Crippen molar-refractivity contribution in [2.45, 2.75) is 0 Å². The van der Waals surface area contributed by atoms with Gasteiger partial charge in [-0.2, -0.15) is 0 Å². The predicted molar refractivity (Wildman–Crippen MR) is 76.2 cm³/mol. The Bertz CT molecular complexity index is 822. The van der Waals surface area contributed by atoms with E-state index in [4.69, 9.17) is 9.47 Å². The van der Waals surface area contributed by atoms with Crippen LogP contribution in [0.15, 0.2) is 24.3 Å². The molecule has 0 amide bonds. The highest BCUT2D eigenvalue weighted by molar-refractivity contribution is 6.30. The first kappa shape index (κ1) is 13.9. The quantitative estimate of drug-likeness (QED) is 0.702. The summed E-state index contributed by atoms with van der Waals surface area (Å²) in [5, 5.41) is 20.1. The van der Waals surface area contributed by atoms with Crippen LogP contribution in [0.1, 0.15) is 31.8 Å². The largest absolute Gasteiger partial charge is 0.504 e. The number of aromatic hydroxyl groups is 2. The van der Waals surface area contributed by atoms with Crippen LogP contribution in [0.2, 0.25) is 0 Å². The molecule has 0 atom stereocenters. The lowest BCUT2D eigenvalue weighted by molar-refractivity contribution is 0.0972. The number of phenolic OH excluding ortho intramolecular Hbond substituents is 2. The molecular formula is C16H12O6. The Labute approximate surface area is 125 Å². The highest BCUT2D eigenvalue weighted by atomic mass is 16.5. The summed E-state index contributed by atoms with van der Waals surface area (Å²) in [5.41, 5.74) is -0.00966. The van der Waals surface area contributed by atoms with E-state index in [1.165, 1.54) is 26.4 Å². The molecule has 2 N–H and O–H groups in total. The molecule has 3 rings (SSSR count). The van der Waals surface area contributed by atoms with Crippen molar-refractivity contribution in [3.63, 3.8) is 0 Å². The van der Waals surface area contributed by atoms with Crippen molar-refractivity contribution < 1.29 is 29.3 Å². The first-order valence-electron chi connectivity index (χ1n) is 6.41. The molecule has 1 aliphatic rings. The summed E-state index contributed by atoms with van der Waals surface area (Å²) in [6, 6.07) is 6.27. The van der Waals surface area contributed by atoms with Crippen LogP contribution in [-0.4, -0.2) is 36.0 Å². The second kappa shape index (κ2) is 4.77. The van der Waals surface area contributed by atoms with E-state index in [2.05, 4.69) is 0 Å². The number of methoxy groups -OCH3 is 2. The highest BCUT2D eigenvalue weighted by Gasteiger charge is 2.38. The van der Waals surface area contributed by atoms with Gasteiger partial charge in [-0.3, -0.25) is 9.59 Å². The summed E-state index contributed by atoms with van der Waals surface area (Å²) in [6.45, 7) is 0. The summed E-state index contributed by atoms with van der Waals surface area (Å²) in [7, 11) is 2.54. The molecule has 0 unspecified atom stereocenters. The number of fused-ring (bicyclic) bond motifs is 2. The summed E-state index contributed by atoms with van der Waals surface area (Å²) < 4.78 is 10.1. The van der Waals surface area contributed by atoms with Crippen molar-refractivity contribution in [3.8, 4) is 23.0 Å². The molecule has 0 saturated heterocycles. The average Bonchev–Trinajstić information content (AvgIpc) is 2.54. The predicted octanol–water partition coefficient (Wildman–Crippen LogP) is 1.89. The van der Waals surface area contributed by atoms with Gasteiger partial charge in [0.05, 0.1) is 25.3 Å². The molecule has 22 heavy (non-hydrogen) atoms. The van der Waals surface area contributed by atoms with E-state index in [0.29, 0.717) is 0 Å². The number of carbonyl (C=O) groups is 2. The summed E-state index contributed by atoms with van der Waals surface area (Å²) in [5.74, 6) is -2.64. The fourth-order valence-electron chi connectivity index (χ4n) is 2.65. The Morgan fingerprint density at radius 1 is 0.773 bits per heavy atom. The Kier molecular flexibility index (Phi) is 3.02. The van der Waals surface area contributed by atoms with Crippen LogP contribution in [0.4, 0.5) is 0 Å². The Hall–Kier alpha value is -3.02.